The summed E-state index contributed by atoms with van der Waals surface area (Å²) in [5.74, 6) is 0.776. The van der Waals surface area contributed by atoms with Gasteiger partial charge < -0.3 is 15.5 Å². The van der Waals surface area contributed by atoms with Crippen molar-refractivity contribution >= 4 is 11.0 Å². The van der Waals surface area contributed by atoms with Gasteiger partial charge in [-0.15, -0.1) is 0 Å². The lowest BCUT2D eigenvalue weighted by molar-refractivity contribution is 0.178. The SMILES string of the molecule is COC[C@H](N)c1nc2cc(C(C)(C)C)ccc2[nH]1. The van der Waals surface area contributed by atoms with Gasteiger partial charge in [0.05, 0.1) is 23.7 Å². The van der Waals surface area contributed by atoms with Gasteiger partial charge in [0, 0.05) is 7.11 Å². The van der Waals surface area contributed by atoms with Crippen LogP contribution in [0.1, 0.15) is 38.2 Å². The molecule has 0 aliphatic heterocycles. The predicted molar refractivity (Wildman–Crippen MR) is 73.6 cm³/mol. The second kappa shape index (κ2) is 4.71. The summed E-state index contributed by atoms with van der Waals surface area (Å²) in [5.41, 5.74) is 9.35. The van der Waals surface area contributed by atoms with Crippen LogP contribution in [-0.2, 0) is 10.2 Å². The topological polar surface area (TPSA) is 63.9 Å². The second-order valence-corrected chi connectivity index (χ2v) is 5.67. The number of aromatic amines is 1. The Morgan fingerprint density at radius 2 is 2.11 bits per heavy atom. The highest BCUT2D eigenvalue weighted by molar-refractivity contribution is 5.76. The summed E-state index contributed by atoms with van der Waals surface area (Å²) < 4.78 is 5.05. The number of hydrogen-bond donors (Lipinski definition) is 2. The molecule has 4 heteroatoms. The number of aromatic nitrogens is 2. The van der Waals surface area contributed by atoms with E-state index in [-0.39, 0.29) is 11.5 Å². The van der Waals surface area contributed by atoms with Crippen molar-refractivity contribution < 1.29 is 4.74 Å². The molecular weight excluding hydrogens is 226 g/mol. The highest BCUT2D eigenvalue weighted by Gasteiger charge is 2.16. The van der Waals surface area contributed by atoms with Gasteiger partial charge in [-0.2, -0.15) is 0 Å². The van der Waals surface area contributed by atoms with E-state index in [2.05, 4.69) is 48.9 Å². The second-order valence-electron chi connectivity index (χ2n) is 5.67. The summed E-state index contributed by atoms with van der Waals surface area (Å²) in [4.78, 5) is 7.79. The van der Waals surface area contributed by atoms with Gasteiger partial charge in [0.25, 0.3) is 0 Å². The fraction of sp³-hybridized carbons (Fsp3) is 0.500. The molecule has 2 rings (SSSR count). The first-order valence-electron chi connectivity index (χ1n) is 6.16. The van der Waals surface area contributed by atoms with Crippen molar-refractivity contribution in [2.75, 3.05) is 13.7 Å². The van der Waals surface area contributed by atoms with Crippen molar-refractivity contribution in [1.82, 2.24) is 9.97 Å². The molecule has 0 saturated heterocycles. The number of ether oxygens (including phenoxy) is 1. The lowest BCUT2D eigenvalue weighted by atomic mass is 9.87. The number of H-pyrrole nitrogens is 1. The van der Waals surface area contributed by atoms with E-state index in [1.165, 1.54) is 5.56 Å². The van der Waals surface area contributed by atoms with Gasteiger partial charge in [-0.3, -0.25) is 0 Å². The number of nitrogens with one attached hydrogen (secondary N) is 1. The maximum absolute atomic E-state index is 5.97. The average molecular weight is 247 g/mol. The van der Waals surface area contributed by atoms with E-state index >= 15 is 0 Å². The third-order valence-corrected chi connectivity index (χ3v) is 3.06. The summed E-state index contributed by atoms with van der Waals surface area (Å²) in [5, 5.41) is 0. The molecule has 1 aromatic carbocycles. The number of rotatable bonds is 3. The minimum absolute atomic E-state index is 0.127. The zero-order valence-electron chi connectivity index (χ0n) is 11.4. The van der Waals surface area contributed by atoms with Gasteiger partial charge in [-0.1, -0.05) is 26.8 Å². The Kier molecular flexibility index (Phi) is 3.41. The van der Waals surface area contributed by atoms with Gasteiger partial charge in [-0.25, -0.2) is 4.98 Å². The van der Waals surface area contributed by atoms with Crippen LogP contribution in [0.5, 0.6) is 0 Å². The van der Waals surface area contributed by atoms with E-state index in [0.717, 1.165) is 16.9 Å². The molecule has 98 valence electrons. The molecule has 1 heterocycles. The molecule has 1 atom stereocenters. The van der Waals surface area contributed by atoms with Crippen LogP contribution in [0.25, 0.3) is 11.0 Å². The van der Waals surface area contributed by atoms with E-state index in [0.29, 0.717) is 6.61 Å². The predicted octanol–water partition coefficient (Wildman–Crippen LogP) is 2.51. The standard InChI is InChI=1S/C14H21N3O/c1-14(2,3)9-5-6-11-12(7-9)17-13(16-11)10(15)8-18-4/h5-7,10H,8,15H2,1-4H3,(H,16,17)/t10-/m0/s1. The van der Waals surface area contributed by atoms with Crippen LogP contribution in [0.3, 0.4) is 0 Å². The number of methoxy groups -OCH3 is 1. The maximum Gasteiger partial charge on any atom is 0.126 e. The molecule has 1 aromatic heterocycles. The van der Waals surface area contributed by atoms with Gasteiger partial charge in [-0.05, 0) is 23.1 Å². The summed E-state index contributed by atoms with van der Waals surface area (Å²) in [7, 11) is 1.64. The number of imidazole rings is 1. The third kappa shape index (κ3) is 2.54. The number of hydrogen-bond acceptors (Lipinski definition) is 3. The third-order valence-electron chi connectivity index (χ3n) is 3.06. The van der Waals surface area contributed by atoms with Gasteiger partial charge in [0.15, 0.2) is 0 Å². The zero-order valence-corrected chi connectivity index (χ0v) is 11.4. The molecule has 0 aliphatic rings. The van der Waals surface area contributed by atoms with E-state index in [1.807, 2.05) is 0 Å². The highest BCUT2D eigenvalue weighted by Crippen LogP contribution is 2.25. The molecule has 2 aromatic rings. The van der Waals surface area contributed by atoms with Crippen LogP contribution in [-0.4, -0.2) is 23.7 Å². The number of benzene rings is 1. The van der Waals surface area contributed by atoms with Crippen LogP contribution >= 0.6 is 0 Å². The first-order valence-corrected chi connectivity index (χ1v) is 6.16. The van der Waals surface area contributed by atoms with Crippen molar-refractivity contribution in [3.8, 4) is 0 Å². The summed E-state index contributed by atoms with van der Waals surface area (Å²) in [6, 6.07) is 6.10. The normalized spacial score (nSPS) is 14.1. The fourth-order valence-corrected chi connectivity index (χ4v) is 1.93. The molecular formula is C14H21N3O. The molecule has 0 spiro atoms. The lowest BCUT2D eigenvalue weighted by Crippen LogP contribution is -2.17. The molecule has 4 nitrogen and oxygen atoms in total. The lowest BCUT2D eigenvalue weighted by Gasteiger charge is -2.18. The largest absolute Gasteiger partial charge is 0.383 e. The Labute approximate surface area is 108 Å². The van der Waals surface area contributed by atoms with Gasteiger partial charge in [0.2, 0.25) is 0 Å². The van der Waals surface area contributed by atoms with Gasteiger partial charge in [0.1, 0.15) is 5.82 Å². The highest BCUT2D eigenvalue weighted by atomic mass is 16.5. The van der Waals surface area contributed by atoms with E-state index in [1.54, 1.807) is 7.11 Å². The van der Waals surface area contributed by atoms with Crippen LogP contribution < -0.4 is 5.73 Å². The van der Waals surface area contributed by atoms with E-state index in [4.69, 9.17) is 10.5 Å². The van der Waals surface area contributed by atoms with E-state index < -0.39 is 0 Å². The number of fused-ring (bicyclic) bond motifs is 1. The summed E-state index contributed by atoms with van der Waals surface area (Å²) in [6.07, 6.45) is 0. The first-order chi connectivity index (χ1) is 8.41. The Morgan fingerprint density at radius 3 is 2.72 bits per heavy atom. The van der Waals surface area contributed by atoms with Crippen molar-refractivity contribution in [2.24, 2.45) is 5.73 Å². The minimum atomic E-state index is -0.208. The van der Waals surface area contributed by atoms with Crippen molar-refractivity contribution in [1.29, 1.82) is 0 Å². The van der Waals surface area contributed by atoms with Crippen LogP contribution in [0.15, 0.2) is 18.2 Å². The smallest absolute Gasteiger partial charge is 0.126 e. The van der Waals surface area contributed by atoms with Crippen LogP contribution in [0.4, 0.5) is 0 Å². The fourth-order valence-electron chi connectivity index (χ4n) is 1.93. The van der Waals surface area contributed by atoms with Crippen molar-refractivity contribution in [2.45, 2.75) is 32.2 Å². The maximum atomic E-state index is 5.97. The molecule has 0 radical (unpaired) electrons. The van der Waals surface area contributed by atoms with Gasteiger partial charge >= 0.3 is 0 Å². The van der Waals surface area contributed by atoms with Crippen LogP contribution in [0.2, 0.25) is 0 Å². The number of nitrogens with zero attached hydrogens (tertiary/aromatic N) is 1. The zero-order chi connectivity index (χ0) is 13.3. The molecule has 0 amide bonds. The molecule has 0 bridgehead atoms. The minimum Gasteiger partial charge on any atom is -0.383 e. The number of nitrogens with two attached hydrogens (primary N) is 1. The average Bonchev–Trinajstić information content (AvgIpc) is 2.70. The monoisotopic (exact) mass is 247 g/mol. The summed E-state index contributed by atoms with van der Waals surface area (Å²) in [6.45, 7) is 7.04. The summed E-state index contributed by atoms with van der Waals surface area (Å²) >= 11 is 0. The van der Waals surface area contributed by atoms with Crippen molar-refractivity contribution in [3.63, 3.8) is 0 Å². The van der Waals surface area contributed by atoms with Crippen molar-refractivity contribution in [3.05, 3.63) is 29.6 Å². The molecule has 0 aliphatic carbocycles. The molecule has 3 N–H and O–H groups in total. The van der Waals surface area contributed by atoms with Crippen LogP contribution in [0, 0.1) is 0 Å². The Bertz CT molecular complexity index is 539. The quantitative estimate of drug-likeness (QED) is 0.876. The molecule has 0 saturated carbocycles. The Morgan fingerprint density at radius 1 is 1.39 bits per heavy atom. The first kappa shape index (κ1) is 13.1. The van der Waals surface area contributed by atoms with E-state index in [9.17, 15) is 0 Å². The Hall–Kier alpha value is -1.39. The Balaban J connectivity index is 2.40. The molecule has 18 heavy (non-hydrogen) atoms. The molecule has 0 fully saturated rings. The molecule has 0 unspecified atom stereocenters.